The van der Waals surface area contributed by atoms with E-state index in [-0.39, 0.29) is 19.3 Å². The van der Waals surface area contributed by atoms with Gasteiger partial charge in [-0.3, -0.25) is 4.79 Å². The summed E-state index contributed by atoms with van der Waals surface area (Å²) in [5.41, 5.74) is 3.46. The molecule has 0 bridgehead atoms. The van der Waals surface area contributed by atoms with Gasteiger partial charge in [0.25, 0.3) is 5.91 Å². The molecular weight excluding hydrogens is 402 g/mol. The Morgan fingerprint density at radius 1 is 1.17 bits per heavy atom. The Morgan fingerprint density at radius 2 is 2.07 bits per heavy atom. The normalized spacial score (nSPS) is 12.2. The minimum absolute atomic E-state index is 0.117. The van der Waals surface area contributed by atoms with E-state index in [0.717, 1.165) is 32.2 Å². The molecule has 0 saturated heterocycles. The van der Waals surface area contributed by atoms with Crippen molar-refractivity contribution < 1.29 is 19.0 Å². The minimum Gasteiger partial charge on any atom is -0.484 e. The van der Waals surface area contributed by atoms with Gasteiger partial charge in [0.1, 0.15) is 21.1 Å². The van der Waals surface area contributed by atoms with Crippen molar-refractivity contribution in [3.63, 3.8) is 0 Å². The number of thiazole rings is 1. The number of benzene rings is 2. The summed E-state index contributed by atoms with van der Waals surface area (Å²) in [7, 11) is 0. The molecule has 4 aromatic rings. The molecule has 2 aromatic heterocycles. The van der Waals surface area contributed by atoms with Crippen molar-refractivity contribution in [2.45, 2.75) is 6.92 Å². The fraction of sp³-hybridized carbons (Fsp3) is 0.136. The van der Waals surface area contributed by atoms with Gasteiger partial charge in [-0.05, 0) is 42.8 Å². The van der Waals surface area contributed by atoms with Crippen LogP contribution in [0.2, 0.25) is 0 Å². The number of aromatic nitrogens is 2. The van der Waals surface area contributed by atoms with Crippen molar-refractivity contribution in [3.05, 3.63) is 60.3 Å². The molecule has 0 aliphatic carbocycles. The van der Waals surface area contributed by atoms with Crippen molar-refractivity contribution in [1.29, 1.82) is 0 Å². The van der Waals surface area contributed by atoms with Gasteiger partial charge in [-0.1, -0.05) is 23.5 Å². The highest BCUT2D eigenvalue weighted by molar-refractivity contribution is 7.21. The predicted molar refractivity (Wildman–Crippen MR) is 114 cm³/mol. The van der Waals surface area contributed by atoms with E-state index in [0.29, 0.717) is 17.2 Å². The van der Waals surface area contributed by atoms with Crippen LogP contribution in [0.5, 0.6) is 17.2 Å². The molecule has 1 amide bonds. The number of pyridine rings is 1. The quantitative estimate of drug-likeness (QED) is 0.516. The van der Waals surface area contributed by atoms with Gasteiger partial charge in [-0.2, -0.15) is 0 Å². The highest BCUT2D eigenvalue weighted by atomic mass is 32.1. The molecule has 30 heavy (non-hydrogen) atoms. The van der Waals surface area contributed by atoms with E-state index in [1.807, 2.05) is 37.3 Å². The third kappa shape index (κ3) is 3.65. The van der Waals surface area contributed by atoms with Crippen molar-refractivity contribution in [2.24, 2.45) is 0 Å². The molecule has 0 unspecified atom stereocenters. The summed E-state index contributed by atoms with van der Waals surface area (Å²) in [5.74, 6) is 1.58. The summed E-state index contributed by atoms with van der Waals surface area (Å²) in [6, 6.07) is 14.9. The first kappa shape index (κ1) is 18.4. The van der Waals surface area contributed by atoms with Crippen molar-refractivity contribution in [1.82, 2.24) is 9.97 Å². The first-order chi connectivity index (χ1) is 14.7. The number of amides is 1. The van der Waals surface area contributed by atoms with Gasteiger partial charge in [-0.25, -0.2) is 9.97 Å². The van der Waals surface area contributed by atoms with Gasteiger partial charge < -0.3 is 19.5 Å². The minimum atomic E-state index is -0.251. The summed E-state index contributed by atoms with van der Waals surface area (Å²) < 4.78 is 16.2. The van der Waals surface area contributed by atoms with Gasteiger partial charge in [-0.15, -0.1) is 0 Å². The van der Waals surface area contributed by atoms with Crippen LogP contribution >= 0.6 is 11.3 Å². The maximum Gasteiger partial charge on any atom is 0.262 e. The zero-order valence-corrected chi connectivity index (χ0v) is 16.9. The summed E-state index contributed by atoms with van der Waals surface area (Å²) >= 11 is 1.52. The monoisotopic (exact) mass is 419 g/mol. The third-order valence-electron chi connectivity index (χ3n) is 4.64. The first-order valence-electron chi connectivity index (χ1n) is 9.30. The number of nitrogens with zero attached hydrogens (tertiary/aromatic N) is 2. The second-order valence-electron chi connectivity index (χ2n) is 6.73. The van der Waals surface area contributed by atoms with E-state index >= 15 is 0 Å². The molecule has 3 heterocycles. The number of nitrogens with one attached hydrogen (secondary N) is 1. The van der Waals surface area contributed by atoms with Crippen LogP contribution in [-0.2, 0) is 4.79 Å². The molecule has 8 heteroatoms. The molecule has 1 aliphatic heterocycles. The number of anilines is 1. The van der Waals surface area contributed by atoms with Crippen LogP contribution < -0.4 is 19.5 Å². The van der Waals surface area contributed by atoms with Crippen LogP contribution in [-0.4, -0.2) is 29.3 Å². The molecule has 1 aliphatic rings. The van der Waals surface area contributed by atoms with E-state index in [2.05, 4.69) is 15.3 Å². The summed E-state index contributed by atoms with van der Waals surface area (Å²) in [4.78, 5) is 22.3. The second-order valence-corrected chi connectivity index (χ2v) is 7.71. The molecule has 0 fully saturated rings. The standard InChI is InChI=1S/C22H17N3O4S/c1-13-4-5-14(21-25-16-3-2-8-23-22(16)30-21)9-17(13)24-20(26)11-27-15-6-7-18-19(10-15)29-12-28-18/h2-10H,11-12H2,1H3,(H,24,26). The SMILES string of the molecule is Cc1ccc(-c2nc3cccnc3s2)cc1NC(=O)COc1ccc2c(c1)OCO2. The maximum absolute atomic E-state index is 12.4. The van der Waals surface area contributed by atoms with E-state index in [4.69, 9.17) is 14.2 Å². The zero-order valence-electron chi connectivity index (χ0n) is 16.0. The summed E-state index contributed by atoms with van der Waals surface area (Å²) in [6.07, 6.45) is 1.76. The van der Waals surface area contributed by atoms with E-state index in [9.17, 15) is 4.79 Å². The second kappa shape index (κ2) is 7.64. The average Bonchev–Trinajstić information content (AvgIpc) is 3.40. The van der Waals surface area contributed by atoms with Crippen LogP contribution in [0, 0.1) is 6.92 Å². The van der Waals surface area contributed by atoms with E-state index in [1.54, 1.807) is 24.4 Å². The number of ether oxygens (including phenoxy) is 3. The smallest absolute Gasteiger partial charge is 0.262 e. The molecule has 1 N–H and O–H groups in total. The van der Waals surface area contributed by atoms with Gasteiger partial charge >= 0.3 is 0 Å². The fourth-order valence-electron chi connectivity index (χ4n) is 3.08. The van der Waals surface area contributed by atoms with Crippen LogP contribution in [0.15, 0.2) is 54.7 Å². The zero-order chi connectivity index (χ0) is 20.5. The number of hydrogen-bond donors (Lipinski definition) is 1. The Labute approximate surface area is 176 Å². The van der Waals surface area contributed by atoms with Gasteiger partial charge in [0, 0.05) is 23.5 Å². The Kier molecular flexibility index (Phi) is 4.68. The van der Waals surface area contributed by atoms with Crippen molar-refractivity contribution in [3.8, 4) is 27.8 Å². The molecule has 0 spiro atoms. The summed E-state index contributed by atoms with van der Waals surface area (Å²) in [6.45, 7) is 2.02. The Bertz CT molecular complexity index is 1220. The molecule has 0 atom stereocenters. The molecule has 150 valence electrons. The average molecular weight is 419 g/mol. The fourth-order valence-corrected chi connectivity index (χ4v) is 3.99. The predicted octanol–water partition coefficient (Wildman–Crippen LogP) is 4.41. The molecule has 0 saturated carbocycles. The lowest BCUT2D eigenvalue weighted by atomic mass is 10.1. The highest BCUT2D eigenvalue weighted by Gasteiger charge is 2.15. The van der Waals surface area contributed by atoms with E-state index in [1.165, 1.54) is 11.3 Å². The van der Waals surface area contributed by atoms with Gasteiger partial charge in [0.2, 0.25) is 6.79 Å². The van der Waals surface area contributed by atoms with Crippen LogP contribution in [0.1, 0.15) is 5.56 Å². The van der Waals surface area contributed by atoms with Crippen LogP contribution in [0.25, 0.3) is 20.9 Å². The number of aryl methyl sites for hydroxylation is 1. The number of hydrogen-bond acceptors (Lipinski definition) is 7. The largest absolute Gasteiger partial charge is 0.484 e. The molecule has 5 rings (SSSR count). The first-order valence-corrected chi connectivity index (χ1v) is 10.1. The lowest BCUT2D eigenvalue weighted by Crippen LogP contribution is -2.20. The van der Waals surface area contributed by atoms with Crippen molar-refractivity contribution in [2.75, 3.05) is 18.7 Å². The van der Waals surface area contributed by atoms with Gasteiger partial charge in [0.05, 0.1) is 0 Å². The Morgan fingerprint density at radius 3 is 2.97 bits per heavy atom. The van der Waals surface area contributed by atoms with E-state index < -0.39 is 0 Å². The van der Waals surface area contributed by atoms with Crippen LogP contribution in [0.4, 0.5) is 5.69 Å². The molecule has 0 radical (unpaired) electrons. The van der Waals surface area contributed by atoms with Gasteiger partial charge in [0.15, 0.2) is 18.1 Å². The molecular formula is C22H17N3O4S. The maximum atomic E-state index is 12.4. The van der Waals surface area contributed by atoms with Crippen LogP contribution in [0.3, 0.4) is 0 Å². The van der Waals surface area contributed by atoms with Crippen molar-refractivity contribution >= 4 is 33.3 Å². The Balaban J connectivity index is 1.29. The molecule has 7 nitrogen and oxygen atoms in total. The Hall–Kier alpha value is -3.65. The summed E-state index contributed by atoms with van der Waals surface area (Å²) in [5, 5.41) is 3.78. The highest BCUT2D eigenvalue weighted by Crippen LogP contribution is 2.35. The lowest BCUT2D eigenvalue weighted by Gasteiger charge is -2.11. The topological polar surface area (TPSA) is 82.6 Å². The third-order valence-corrected chi connectivity index (χ3v) is 5.67. The number of carbonyl (C=O) groups excluding carboxylic acids is 1. The number of carbonyl (C=O) groups is 1. The number of rotatable bonds is 5. The number of fused-ring (bicyclic) bond motifs is 2. The molecule has 2 aromatic carbocycles. The lowest BCUT2D eigenvalue weighted by molar-refractivity contribution is -0.118.